The third kappa shape index (κ3) is 5.99. The Balaban J connectivity index is 1.35. The molecule has 6 nitrogen and oxygen atoms in total. The standard InChI is InChI=1S/C18H25ClN4O2/c19-15-3-1-2-4-16(15)21-18(25)13-23-9-7-22(8-10-23)12-17(24)20-11-14-5-6-14/h1-4,14H,5-13H2,(H,20,24)(H,21,25). The van der Waals surface area contributed by atoms with E-state index in [1.54, 1.807) is 12.1 Å². The molecule has 1 aromatic rings. The number of halogens is 1. The van der Waals surface area contributed by atoms with E-state index in [4.69, 9.17) is 11.6 Å². The van der Waals surface area contributed by atoms with E-state index in [9.17, 15) is 9.59 Å². The molecule has 7 heteroatoms. The van der Waals surface area contributed by atoms with Crippen LogP contribution >= 0.6 is 11.6 Å². The predicted octanol–water partition coefficient (Wildman–Crippen LogP) is 1.42. The Morgan fingerprint density at radius 2 is 1.60 bits per heavy atom. The zero-order valence-electron chi connectivity index (χ0n) is 14.3. The van der Waals surface area contributed by atoms with Crippen molar-refractivity contribution >= 4 is 29.1 Å². The zero-order valence-corrected chi connectivity index (χ0v) is 15.1. The lowest BCUT2D eigenvalue weighted by molar-refractivity contribution is -0.123. The molecule has 1 saturated heterocycles. The lowest BCUT2D eigenvalue weighted by Gasteiger charge is -2.33. The van der Waals surface area contributed by atoms with Crippen LogP contribution in [-0.4, -0.2) is 67.4 Å². The molecule has 1 aliphatic heterocycles. The summed E-state index contributed by atoms with van der Waals surface area (Å²) < 4.78 is 0. The molecule has 136 valence electrons. The quantitative estimate of drug-likeness (QED) is 0.768. The van der Waals surface area contributed by atoms with Crippen LogP contribution in [0.1, 0.15) is 12.8 Å². The van der Waals surface area contributed by atoms with Gasteiger partial charge in [0.1, 0.15) is 0 Å². The second-order valence-corrected chi connectivity index (χ2v) is 7.23. The van der Waals surface area contributed by atoms with Crippen LogP contribution in [0.15, 0.2) is 24.3 Å². The number of anilines is 1. The molecular weight excluding hydrogens is 340 g/mol. The number of amides is 2. The summed E-state index contributed by atoms with van der Waals surface area (Å²) in [6.07, 6.45) is 2.49. The minimum atomic E-state index is -0.0660. The molecule has 3 rings (SSSR count). The number of rotatable bonds is 7. The Hall–Kier alpha value is -1.63. The van der Waals surface area contributed by atoms with Gasteiger partial charge in [0.05, 0.1) is 23.8 Å². The molecule has 2 N–H and O–H groups in total. The number of para-hydroxylation sites is 1. The van der Waals surface area contributed by atoms with E-state index in [-0.39, 0.29) is 11.8 Å². The number of piperazine rings is 1. The van der Waals surface area contributed by atoms with Gasteiger partial charge in [-0.3, -0.25) is 19.4 Å². The summed E-state index contributed by atoms with van der Waals surface area (Å²) in [5.41, 5.74) is 0.639. The first-order valence-electron chi connectivity index (χ1n) is 8.86. The summed E-state index contributed by atoms with van der Waals surface area (Å²) in [4.78, 5) is 28.3. The van der Waals surface area contributed by atoms with Gasteiger partial charge in [0, 0.05) is 32.7 Å². The van der Waals surface area contributed by atoms with Crippen molar-refractivity contribution in [1.29, 1.82) is 0 Å². The first-order valence-corrected chi connectivity index (χ1v) is 9.24. The maximum Gasteiger partial charge on any atom is 0.238 e. The normalized spacial score (nSPS) is 18.8. The number of hydrogen-bond donors (Lipinski definition) is 2. The average Bonchev–Trinajstić information content (AvgIpc) is 3.41. The van der Waals surface area contributed by atoms with Gasteiger partial charge in [0.25, 0.3) is 0 Å². The topological polar surface area (TPSA) is 64.7 Å². The first kappa shape index (κ1) is 18.2. The monoisotopic (exact) mass is 364 g/mol. The molecule has 1 saturated carbocycles. The van der Waals surface area contributed by atoms with Gasteiger partial charge in [-0.15, -0.1) is 0 Å². The van der Waals surface area contributed by atoms with Gasteiger partial charge in [-0.2, -0.15) is 0 Å². The fourth-order valence-corrected chi connectivity index (χ4v) is 3.08. The molecule has 2 fully saturated rings. The number of carbonyl (C=O) groups is 2. The van der Waals surface area contributed by atoms with Crippen LogP contribution in [0.2, 0.25) is 5.02 Å². The van der Waals surface area contributed by atoms with E-state index in [2.05, 4.69) is 20.4 Å². The molecule has 0 bridgehead atoms. The van der Waals surface area contributed by atoms with Crippen molar-refractivity contribution in [2.24, 2.45) is 5.92 Å². The second-order valence-electron chi connectivity index (χ2n) is 6.83. The van der Waals surface area contributed by atoms with Gasteiger partial charge < -0.3 is 10.6 Å². The van der Waals surface area contributed by atoms with E-state index >= 15 is 0 Å². The van der Waals surface area contributed by atoms with Gasteiger partial charge in [-0.25, -0.2) is 0 Å². The Morgan fingerprint density at radius 1 is 1.00 bits per heavy atom. The SMILES string of the molecule is O=C(CN1CCN(CC(=O)Nc2ccccc2Cl)CC1)NCC1CC1. The molecule has 1 heterocycles. The number of hydrogen-bond acceptors (Lipinski definition) is 4. The van der Waals surface area contributed by atoms with Crippen molar-refractivity contribution in [3.63, 3.8) is 0 Å². The van der Waals surface area contributed by atoms with Crippen molar-refractivity contribution < 1.29 is 9.59 Å². The third-order valence-corrected chi connectivity index (χ3v) is 4.96. The fraction of sp³-hybridized carbons (Fsp3) is 0.556. The molecular formula is C18H25ClN4O2. The molecule has 0 atom stereocenters. The van der Waals surface area contributed by atoms with Crippen molar-refractivity contribution in [2.45, 2.75) is 12.8 Å². The lowest BCUT2D eigenvalue weighted by Crippen LogP contribution is -2.51. The van der Waals surface area contributed by atoms with Gasteiger partial charge in [-0.1, -0.05) is 23.7 Å². The molecule has 1 aliphatic carbocycles. The number of nitrogens with zero attached hydrogens (tertiary/aromatic N) is 2. The molecule has 0 aromatic heterocycles. The summed E-state index contributed by atoms with van der Waals surface area (Å²) in [6.45, 7) is 4.78. The zero-order chi connectivity index (χ0) is 17.6. The van der Waals surface area contributed by atoms with E-state index in [1.807, 2.05) is 12.1 Å². The average molecular weight is 365 g/mol. The van der Waals surface area contributed by atoms with Crippen LogP contribution in [0.4, 0.5) is 5.69 Å². The lowest BCUT2D eigenvalue weighted by atomic mass is 10.3. The molecule has 2 aliphatic rings. The first-order chi connectivity index (χ1) is 12.1. The van der Waals surface area contributed by atoms with Crippen LogP contribution in [0.3, 0.4) is 0 Å². The summed E-state index contributed by atoms with van der Waals surface area (Å²) in [5.74, 6) is 0.748. The Morgan fingerprint density at radius 3 is 2.20 bits per heavy atom. The molecule has 1 aromatic carbocycles. The number of benzene rings is 1. The van der Waals surface area contributed by atoms with E-state index in [0.717, 1.165) is 32.7 Å². The number of carbonyl (C=O) groups excluding carboxylic acids is 2. The van der Waals surface area contributed by atoms with Crippen LogP contribution in [-0.2, 0) is 9.59 Å². The van der Waals surface area contributed by atoms with Gasteiger partial charge in [-0.05, 0) is 30.9 Å². The maximum atomic E-state index is 12.2. The van der Waals surface area contributed by atoms with Crippen LogP contribution in [0.25, 0.3) is 0 Å². The largest absolute Gasteiger partial charge is 0.355 e. The summed E-state index contributed by atoms with van der Waals surface area (Å²) in [7, 11) is 0. The van der Waals surface area contributed by atoms with Crippen molar-refractivity contribution in [3.05, 3.63) is 29.3 Å². The summed E-state index contributed by atoms with van der Waals surface area (Å²) in [6, 6.07) is 7.22. The van der Waals surface area contributed by atoms with Crippen LogP contribution in [0, 0.1) is 5.92 Å². The van der Waals surface area contributed by atoms with E-state index < -0.39 is 0 Å². The number of nitrogens with one attached hydrogen (secondary N) is 2. The van der Waals surface area contributed by atoms with Crippen molar-refractivity contribution in [1.82, 2.24) is 15.1 Å². The minimum absolute atomic E-state index is 0.0660. The van der Waals surface area contributed by atoms with Crippen LogP contribution in [0.5, 0.6) is 0 Å². The minimum Gasteiger partial charge on any atom is -0.355 e. The fourth-order valence-electron chi connectivity index (χ4n) is 2.90. The molecule has 2 amide bonds. The highest BCUT2D eigenvalue weighted by Crippen LogP contribution is 2.27. The highest BCUT2D eigenvalue weighted by Gasteiger charge is 2.23. The Labute approximate surface area is 153 Å². The van der Waals surface area contributed by atoms with Gasteiger partial charge in [0.2, 0.25) is 11.8 Å². The van der Waals surface area contributed by atoms with Crippen LogP contribution < -0.4 is 10.6 Å². The molecule has 0 unspecified atom stereocenters. The highest BCUT2D eigenvalue weighted by atomic mass is 35.5. The van der Waals surface area contributed by atoms with Gasteiger partial charge in [0.15, 0.2) is 0 Å². The summed E-state index contributed by atoms with van der Waals surface area (Å²) >= 11 is 6.05. The smallest absolute Gasteiger partial charge is 0.238 e. The van der Waals surface area contributed by atoms with Crippen molar-refractivity contribution in [2.75, 3.05) is 51.1 Å². The molecule has 0 radical (unpaired) electrons. The van der Waals surface area contributed by atoms with Gasteiger partial charge >= 0.3 is 0 Å². The second kappa shape index (κ2) is 8.65. The predicted molar refractivity (Wildman–Crippen MR) is 98.7 cm³/mol. The molecule has 25 heavy (non-hydrogen) atoms. The summed E-state index contributed by atoms with van der Waals surface area (Å²) in [5, 5.41) is 6.38. The third-order valence-electron chi connectivity index (χ3n) is 4.63. The molecule has 0 spiro atoms. The Bertz CT molecular complexity index is 613. The van der Waals surface area contributed by atoms with E-state index in [1.165, 1.54) is 12.8 Å². The van der Waals surface area contributed by atoms with E-state index in [0.29, 0.717) is 29.7 Å². The Kier molecular flexibility index (Phi) is 6.29. The highest BCUT2D eigenvalue weighted by molar-refractivity contribution is 6.33. The van der Waals surface area contributed by atoms with Crippen molar-refractivity contribution in [3.8, 4) is 0 Å². The maximum absolute atomic E-state index is 12.2.